The van der Waals surface area contributed by atoms with Crippen molar-refractivity contribution in [2.24, 2.45) is 7.05 Å². The second-order valence-corrected chi connectivity index (χ2v) is 9.69. The summed E-state index contributed by atoms with van der Waals surface area (Å²) < 4.78 is 11.4. The van der Waals surface area contributed by atoms with E-state index in [1.165, 1.54) is 4.80 Å². The highest BCUT2D eigenvalue weighted by Crippen LogP contribution is 2.38. The number of carbonyl (C=O) groups is 1. The van der Waals surface area contributed by atoms with Crippen LogP contribution in [0.4, 0.5) is 11.4 Å². The Balaban J connectivity index is 1.55. The number of carbonyl (C=O) groups excluding carboxylic acids is 1. The molecule has 11 heteroatoms. The molecule has 11 nitrogen and oxygen atoms in total. The van der Waals surface area contributed by atoms with Gasteiger partial charge in [-0.1, -0.05) is 6.07 Å². The molecule has 0 atom stereocenters. The Bertz CT molecular complexity index is 1510. The lowest BCUT2D eigenvalue weighted by atomic mass is 9.97. The predicted octanol–water partition coefficient (Wildman–Crippen LogP) is 3.48. The lowest BCUT2D eigenvalue weighted by Crippen LogP contribution is -2.19. The highest BCUT2D eigenvalue weighted by molar-refractivity contribution is 6.03. The van der Waals surface area contributed by atoms with E-state index in [-0.39, 0.29) is 5.91 Å². The summed E-state index contributed by atoms with van der Waals surface area (Å²) in [7, 11) is 6.75. The number of tetrazole rings is 1. The summed E-state index contributed by atoms with van der Waals surface area (Å²) in [5, 5.41) is 15.8. The molecule has 4 aromatic rings. The molecule has 0 spiro atoms. The van der Waals surface area contributed by atoms with Gasteiger partial charge < -0.3 is 19.7 Å². The van der Waals surface area contributed by atoms with Crippen molar-refractivity contribution in [2.45, 2.75) is 32.4 Å². The Morgan fingerprint density at radius 1 is 1.08 bits per heavy atom. The number of methoxy groups -OCH3 is 2. The van der Waals surface area contributed by atoms with Crippen molar-refractivity contribution in [3.63, 3.8) is 0 Å². The largest absolute Gasteiger partial charge is 0.494 e. The molecule has 0 fully saturated rings. The third-order valence-corrected chi connectivity index (χ3v) is 6.72. The van der Waals surface area contributed by atoms with Crippen LogP contribution in [-0.4, -0.2) is 62.2 Å². The third kappa shape index (κ3) is 4.68. The minimum Gasteiger partial charge on any atom is -0.494 e. The fourth-order valence-electron chi connectivity index (χ4n) is 4.51. The molecule has 5 rings (SSSR count). The molecule has 1 N–H and O–H groups in total. The van der Waals surface area contributed by atoms with Crippen LogP contribution in [0.25, 0.3) is 11.4 Å². The second-order valence-electron chi connectivity index (χ2n) is 9.69. The smallest absolute Gasteiger partial charge is 0.257 e. The van der Waals surface area contributed by atoms with Crippen LogP contribution >= 0.6 is 0 Å². The van der Waals surface area contributed by atoms with E-state index in [4.69, 9.17) is 14.5 Å². The lowest BCUT2D eigenvalue weighted by Gasteiger charge is -2.23. The number of hydrogen-bond acceptors (Lipinski definition) is 9. The molecule has 1 aromatic carbocycles. The Morgan fingerprint density at radius 2 is 1.89 bits per heavy atom. The molecular weight excluding hydrogens is 484 g/mol. The van der Waals surface area contributed by atoms with Gasteiger partial charge in [0.05, 0.1) is 54.5 Å². The number of benzene rings is 1. The number of pyridine rings is 2. The van der Waals surface area contributed by atoms with Crippen LogP contribution in [0, 0.1) is 0 Å². The van der Waals surface area contributed by atoms with E-state index in [9.17, 15) is 4.79 Å². The number of hydrogen-bond donors (Lipinski definition) is 1. The first-order chi connectivity index (χ1) is 18.2. The van der Waals surface area contributed by atoms with Crippen LogP contribution in [0.15, 0.2) is 42.6 Å². The van der Waals surface area contributed by atoms with Gasteiger partial charge in [-0.2, -0.15) is 4.80 Å². The number of nitrogens with zero attached hydrogens (tertiary/aromatic N) is 7. The van der Waals surface area contributed by atoms with Crippen LogP contribution in [0.1, 0.15) is 46.9 Å². The molecular formula is C27H30N8O3. The molecule has 1 aliphatic heterocycles. The van der Waals surface area contributed by atoms with Gasteiger partial charge in [-0.3, -0.25) is 14.8 Å². The van der Waals surface area contributed by atoms with Crippen LogP contribution in [-0.2, 0) is 30.4 Å². The molecule has 196 valence electrons. The number of amides is 1. The zero-order valence-corrected chi connectivity index (χ0v) is 22.3. The van der Waals surface area contributed by atoms with Gasteiger partial charge in [0, 0.05) is 38.2 Å². The summed E-state index contributed by atoms with van der Waals surface area (Å²) in [5.41, 5.74) is 5.50. The average Bonchev–Trinajstić information content (AvgIpc) is 3.46. The third-order valence-electron chi connectivity index (χ3n) is 6.72. The van der Waals surface area contributed by atoms with Crippen LogP contribution in [0.3, 0.4) is 0 Å². The SMILES string of the molecule is COc1c(Nc2cc(Cc3cc(C(C)(C)OC)ccn3)nc3c2C(=O)N(C)C3)cccc1-c1nnn(C)n1. The molecule has 4 heterocycles. The Morgan fingerprint density at radius 3 is 2.61 bits per heavy atom. The highest BCUT2D eigenvalue weighted by atomic mass is 16.5. The first kappa shape index (κ1) is 25.3. The van der Waals surface area contributed by atoms with Crippen molar-refractivity contribution in [1.82, 2.24) is 35.1 Å². The van der Waals surface area contributed by atoms with E-state index in [0.717, 1.165) is 22.6 Å². The van der Waals surface area contributed by atoms with Gasteiger partial charge in [-0.05, 0) is 55.0 Å². The maximum atomic E-state index is 13.1. The minimum atomic E-state index is -0.440. The summed E-state index contributed by atoms with van der Waals surface area (Å²) in [6.07, 6.45) is 2.28. The Kier molecular flexibility index (Phi) is 6.53. The summed E-state index contributed by atoms with van der Waals surface area (Å²) in [4.78, 5) is 25.5. The van der Waals surface area contributed by atoms with Crippen LogP contribution in [0.2, 0.25) is 0 Å². The molecule has 0 saturated carbocycles. The number of fused-ring (bicyclic) bond motifs is 1. The van der Waals surface area contributed by atoms with Gasteiger partial charge in [0.15, 0.2) is 5.75 Å². The van der Waals surface area contributed by atoms with E-state index >= 15 is 0 Å². The summed E-state index contributed by atoms with van der Waals surface area (Å²) in [5.74, 6) is 0.895. The van der Waals surface area contributed by atoms with E-state index in [1.54, 1.807) is 39.4 Å². The molecule has 0 radical (unpaired) electrons. The normalized spacial score (nSPS) is 13.1. The fraction of sp³-hybridized carbons (Fsp3) is 0.333. The maximum absolute atomic E-state index is 13.1. The molecule has 0 unspecified atom stereocenters. The fourth-order valence-corrected chi connectivity index (χ4v) is 4.51. The maximum Gasteiger partial charge on any atom is 0.257 e. The van der Waals surface area contributed by atoms with E-state index in [2.05, 4.69) is 25.7 Å². The van der Waals surface area contributed by atoms with Crippen molar-refractivity contribution in [2.75, 3.05) is 26.6 Å². The summed E-state index contributed by atoms with van der Waals surface area (Å²) in [6.45, 7) is 4.46. The van der Waals surface area contributed by atoms with Gasteiger partial charge in [-0.25, -0.2) is 0 Å². The van der Waals surface area contributed by atoms with Gasteiger partial charge in [-0.15, -0.1) is 10.2 Å². The van der Waals surface area contributed by atoms with E-state index < -0.39 is 5.60 Å². The zero-order chi connectivity index (χ0) is 27.0. The van der Waals surface area contributed by atoms with Crippen molar-refractivity contribution < 1.29 is 14.3 Å². The topological polar surface area (TPSA) is 120 Å². The van der Waals surface area contributed by atoms with E-state index in [0.29, 0.717) is 47.0 Å². The predicted molar refractivity (Wildman–Crippen MR) is 141 cm³/mol. The molecule has 38 heavy (non-hydrogen) atoms. The quantitative estimate of drug-likeness (QED) is 0.377. The number of aromatic nitrogens is 6. The number of rotatable bonds is 8. The first-order valence-electron chi connectivity index (χ1n) is 12.2. The van der Waals surface area contributed by atoms with Crippen LogP contribution in [0.5, 0.6) is 5.75 Å². The van der Waals surface area contributed by atoms with Gasteiger partial charge in [0.1, 0.15) is 0 Å². The number of anilines is 2. The molecule has 1 amide bonds. The molecule has 0 saturated heterocycles. The molecule has 1 aliphatic rings. The van der Waals surface area contributed by atoms with Crippen molar-refractivity contribution >= 4 is 17.3 Å². The standard InChI is InChI=1S/C27H30N8O3/c1-27(2,38-6)16-10-11-28-17(12-16)13-18-14-21(23-22(29-18)15-34(3)26(23)36)30-20-9-7-8-19(24(20)37-5)25-31-33-35(4)32-25/h7-12,14H,13,15H2,1-6H3,(H,29,30). The molecule has 3 aromatic heterocycles. The monoisotopic (exact) mass is 514 g/mol. The lowest BCUT2D eigenvalue weighted by molar-refractivity contribution is 0.0191. The van der Waals surface area contributed by atoms with Crippen molar-refractivity contribution in [1.29, 1.82) is 0 Å². The van der Waals surface area contributed by atoms with Gasteiger partial charge in [0.2, 0.25) is 5.82 Å². The number of nitrogens with one attached hydrogen (secondary N) is 1. The number of aryl methyl sites for hydroxylation is 1. The summed E-state index contributed by atoms with van der Waals surface area (Å²) >= 11 is 0. The van der Waals surface area contributed by atoms with Crippen molar-refractivity contribution in [3.8, 4) is 17.1 Å². The van der Waals surface area contributed by atoms with Crippen LogP contribution < -0.4 is 10.1 Å². The number of ether oxygens (including phenoxy) is 2. The molecule has 0 aliphatic carbocycles. The minimum absolute atomic E-state index is 0.0887. The first-order valence-corrected chi connectivity index (χ1v) is 12.2. The highest BCUT2D eigenvalue weighted by Gasteiger charge is 2.30. The van der Waals surface area contributed by atoms with Crippen molar-refractivity contribution in [3.05, 3.63) is 70.8 Å². The Hall–Kier alpha value is -4.38. The number of para-hydroxylation sites is 1. The Labute approximate surface area is 220 Å². The van der Waals surface area contributed by atoms with Gasteiger partial charge in [0.25, 0.3) is 5.91 Å². The van der Waals surface area contributed by atoms with Gasteiger partial charge >= 0.3 is 0 Å². The second kappa shape index (κ2) is 9.82. The average molecular weight is 515 g/mol. The summed E-state index contributed by atoms with van der Waals surface area (Å²) in [6, 6.07) is 11.5. The van der Waals surface area contributed by atoms with E-state index in [1.807, 2.05) is 50.2 Å². The zero-order valence-electron chi connectivity index (χ0n) is 22.3. The molecule has 0 bridgehead atoms.